The van der Waals surface area contributed by atoms with Gasteiger partial charge in [-0.2, -0.15) is 4.57 Å². The van der Waals surface area contributed by atoms with Gasteiger partial charge in [-0.15, -0.1) is 0 Å². The summed E-state index contributed by atoms with van der Waals surface area (Å²) < 4.78 is 32.4. The van der Waals surface area contributed by atoms with Crippen LogP contribution >= 0.6 is 7.82 Å². The van der Waals surface area contributed by atoms with E-state index in [4.69, 9.17) is 13.6 Å². The summed E-state index contributed by atoms with van der Waals surface area (Å²) in [7, 11) is -4.38. The van der Waals surface area contributed by atoms with E-state index in [9.17, 15) is 19.9 Å². The van der Waals surface area contributed by atoms with Gasteiger partial charge in [-0.05, 0) is 146 Å². The molecular formula is C42H39O7P. The average molecular weight is 687 g/mol. The number of phosphoric acid groups is 1. The summed E-state index contributed by atoms with van der Waals surface area (Å²) in [5, 5.41) is 31.7. The monoisotopic (exact) mass is 686 g/mol. The van der Waals surface area contributed by atoms with Gasteiger partial charge in [0.15, 0.2) is 0 Å². The molecule has 0 aliphatic heterocycles. The van der Waals surface area contributed by atoms with Crippen LogP contribution in [0, 0.1) is 41.5 Å². The normalized spacial score (nSPS) is 11.3. The summed E-state index contributed by atoms with van der Waals surface area (Å²) in [6.07, 6.45) is 0. The predicted octanol–water partition coefficient (Wildman–Crippen LogP) is 11.3. The molecule has 254 valence electrons. The van der Waals surface area contributed by atoms with E-state index in [1.54, 1.807) is 91.0 Å². The molecule has 0 aliphatic rings. The summed E-state index contributed by atoms with van der Waals surface area (Å²) in [6.45, 7) is 11.8. The van der Waals surface area contributed by atoms with Crippen molar-refractivity contribution in [2.75, 3.05) is 0 Å². The standard InChI is InChI=1S/C42H39O7P/c1-25-7-22-37(43)40(28(25)4)31-10-16-34(17-11-31)47-50(46,48-35-18-12-32(13-19-35)41-29(5)26(2)8-23-38(41)44)49-36-20-14-33(15-21-36)42-30(6)27(3)9-24-39(42)45/h7-24,43-45H,1-6H3. The zero-order valence-corrected chi connectivity index (χ0v) is 29.7. The van der Waals surface area contributed by atoms with Crippen LogP contribution in [0.5, 0.6) is 34.5 Å². The summed E-state index contributed by atoms with van der Waals surface area (Å²) in [4.78, 5) is 0. The maximum absolute atomic E-state index is 14.5. The molecule has 8 heteroatoms. The van der Waals surface area contributed by atoms with E-state index in [0.29, 0.717) is 16.7 Å². The maximum Gasteiger partial charge on any atom is 0.647 e. The predicted molar refractivity (Wildman–Crippen MR) is 199 cm³/mol. The lowest BCUT2D eigenvalue weighted by Crippen LogP contribution is -2.07. The fourth-order valence-electron chi connectivity index (χ4n) is 5.99. The zero-order chi connectivity index (χ0) is 35.7. The first-order valence-electron chi connectivity index (χ1n) is 16.2. The molecule has 6 aromatic rings. The third-order valence-electron chi connectivity index (χ3n) is 9.22. The van der Waals surface area contributed by atoms with Gasteiger partial charge in [0.05, 0.1) is 0 Å². The highest BCUT2D eigenvalue weighted by molar-refractivity contribution is 7.49. The lowest BCUT2D eigenvalue weighted by molar-refractivity contribution is 0.298. The van der Waals surface area contributed by atoms with E-state index >= 15 is 0 Å². The van der Waals surface area contributed by atoms with Crippen LogP contribution in [-0.2, 0) is 4.57 Å². The number of phosphoric ester groups is 1. The minimum atomic E-state index is -4.38. The van der Waals surface area contributed by atoms with Crippen molar-refractivity contribution in [2.24, 2.45) is 0 Å². The van der Waals surface area contributed by atoms with Gasteiger partial charge < -0.3 is 28.9 Å². The van der Waals surface area contributed by atoms with Gasteiger partial charge in [0.1, 0.15) is 34.5 Å². The van der Waals surface area contributed by atoms with Crippen LogP contribution in [0.4, 0.5) is 0 Å². The molecular weight excluding hydrogens is 647 g/mol. The molecule has 0 heterocycles. The second-order valence-electron chi connectivity index (χ2n) is 12.5. The van der Waals surface area contributed by atoms with E-state index in [1.165, 1.54) is 0 Å². The highest BCUT2D eigenvalue weighted by atomic mass is 31.2. The van der Waals surface area contributed by atoms with Crippen molar-refractivity contribution in [1.82, 2.24) is 0 Å². The Hall–Kier alpha value is -5.65. The van der Waals surface area contributed by atoms with Gasteiger partial charge >= 0.3 is 7.82 Å². The van der Waals surface area contributed by atoms with Gasteiger partial charge in [-0.3, -0.25) is 0 Å². The van der Waals surface area contributed by atoms with E-state index in [0.717, 1.165) is 50.1 Å². The molecule has 0 saturated carbocycles. The summed E-state index contributed by atoms with van der Waals surface area (Å²) in [5.74, 6) is 1.18. The Balaban J connectivity index is 1.32. The second kappa shape index (κ2) is 13.7. The lowest BCUT2D eigenvalue weighted by atomic mass is 9.96. The molecule has 0 atom stereocenters. The van der Waals surface area contributed by atoms with Crippen molar-refractivity contribution in [3.8, 4) is 67.9 Å². The maximum atomic E-state index is 14.5. The van der Waals surface area contributed by atoms with Crippen LogP contribution in [0.25, 0.3) is 33.4 Å². The Bertz CT molecular complexity index is 1990. The minimum absolute atomic E-state index is 0.161. The molecule has 0 saturated heterocycles. The number of phenolic OH excluding ortho intramolecular Hbond substituents is 3. The highest BCUT2D eigenvalue weighted by Crippen LogP contribution is 2.51. The number of benzene rings is 6. The van der Waals surface area contributed by atoms with Crippen molar-refractivity contribution in [3.05, 3.63) is 143 Å². The molecule has 6 rings (SSSR count). The van der Waals surface area contributed by atoms with Crippen molar-refractivity contribution in [1.29, 1.82) is 0 Å². The van der Waals surface area contributed by atoms with Gasteiger partial charge in [-0.1, -0.05) is 54.6 Å². The molecule has 3 N–H and O–H groups in total. The second-order valence-corrected chi connectivity index (χ2v) is 13.9. The molecule has 0 fully saturated rings. The molecule has 6 aromatic carbocycles. The molecule has 0 radical (unpaired) electrons. The van der Waals surface area contributed by atoms with Gasteiger partial charge in [0.25, 0.3) is 0 Å². The van der Waals surface area contributed by atoms with Crippen molar-refractivity contribution in [2.45, 2.75) is 41.5 Å². The number of aromatic hydroxyl groups is 3. The Kier molecular flexibility index (Phi) is 9.37. The van der Waals surface area contributed by atoms with E-state index < -0.39 is 7.82 Å². The topological polar surface area (TPSA) is 105 Å². The molecule has 0 aliphatic carbocycles. The first kappa shape index (κ1) is 34.2. The van der Waals surface area contributed by atoms with Crippen molar-refractivity contribution in [3.63, 3.8) is 0 Å². The van der Waals surface area contributed by atoms with Crippen LogP contribution < -0.4 is 13.6 Å². The average Bonchev–Trinajstić information content (AvgIpc) is 3.09. The van der Waals surface area contributed by atoms with Gasteiger partial charge in [0.2, 0.25) is 0 Å². The number of aryl methyl sites for hydroxylation is 3. The van der Waals surface area contributed by atoms with E-state index in [1.807, 2.05) is 59.7 Å². The zero-order valence-electron chi connectivity index (χ0n) is 28.8. The SMILES string of the molecule is Cc1ccc(O)c(-c2ccc(OP(=O)(Oc3ccc(-c4c(O)ccc(C)c4C)cc3)Oc3ccc(-c4c(O)ccc(C)c4C)cc3)cc2)c1C. The van der Waals surface area contributed by atoms with Crippen LogP contribution in [0.3, 0.4) is 0 Å². The Labute approximate surface area is 292 Å². The highest BCUT2D eigenvalue weighted by Gasteiger charge is 2.33. The quantitative estimate of drug-likeness (QED) is 0.130. The molecule has 50 heavy (non-hydrogen) atoms. The summed E-state index contributed by atoms with van der Waals surface area (Å²) in [5.41, 5.74) is 10.4. The van der Waals surface area contributed by atoms with Crippen LogP contribution in [-0.4, -0.2) is 15.3 Å². The summed E-state index contributed by atoms with van der Waals surface area (Å²) >= 11 is 0. The first-order chi connectivity index (χ1) is 23.8. The number of phenols is 3. The molecule has 0 unspecified atom stereocenters. The number of hydrogen-bond donors (Lipinski definition) is 3. The fraction of sp³-hybridized carbons (Fsp3) is 0.143. The third kappa shape index (κ3) is 6.91. The summed E-state index contributed by atoms with van der Waals surface area (Å²) in [6, 6.07) is 31.1. The Morgan fingerprint density at radius 3 is 0.860 bits per heavy atom. The van der Waals surface area contributed by atoms with Crippen molar-refractivity contribution < 1.29 is 33.5 Å². The Morgan fingerprint density at radius 1 is 0.380 bits per heavy atom. The number of rotatable bonds is 9. The van der Waals surface area contributed by atoms with Gasteiger partial charge in [0, 0.05) is 16.7 Å². The van der Waals surface area contributed by atoms with Crippen molar-refractivity contribution >= 4 is 7.82 Å². The molecule has 0 bridgehead atoms. The fourth-order valence-corrected chi connectivity index (χ4v) is 7.24. The number of hydrogen-bond acceptors (Lipinski definition) is 7. The van der Waals surface area contributed by atoms with Crippen LogP contribution in [0.1, 0.15) is 33.4 Å². The third-order valence-corrected chi connectivity index (χ3v) is 10.5. The minimum Gasteiger partial charge on any atom is -0.507 e. The van der Waals surface area contributed by atoms with Crippen LogP contribution in [0.2, 0.25) is 0 Å². The van der Waals surface area contributed by atoms with Gasteiger partial charge in [-0.25, -0.2) is 0 Å². The molecule has 0 aromatic heterocycles. The molecule has 0 amide bonds. The molecule has 7 nitrogen and oxygen atoms in total. The largest absolute Gasteiger partial charge is 0.647 e. The van der Waals surface area contributed by atoms with E-state index in [2.05, 4.69) is 0 Å². The lowest BCUT2D eigenvalue weighted by Gasteiger charge is -2.20. The van der Waals surface area contributed by atoms with E-state index in [-0.39, 0.29) is 34.5 Å². The molecule has 0 spiro atoms. The Morgan fingerprint density at radius 2 is 0.620 bits per heavy atom. The van der Waals surface area contributed by atoms with Crippen LogP contribution in [0.15, 0.2) is 109 Å². The first-order valence-corrected chi connectivity index (χ1v) is 17.7. The smallest absolute Gasteiger partial charge is 0.507 e.